The van der Waals surface area contributed by atoms with Crippen molar-refractivity contribution in [2.75, 3.05) is 13.2 Å². The second kappa shape index (κ2) is 12.0. The largest absolute Gasteiger partial charge is 0.444 e. The number of rotatable bonds is 9. The highest BCUT2D eigenvalue weighted by Crippen LogP contribution is 2.22. The van der Waals surface area contributed by atoms with Crippen LogP contribution in [-0.2, 0) is 20.9 Å². The van der Waals surface area contributed by atoms with Crippen LogP contribution in [0.4, 0.5) is 4.79 Å². The molecule has 2 aromatic carbocycles. The fourth-order valence-corrected chi connectivity index (χ4v) is 3.29. The molecule has 3 amide bonds. The minimum absolute atomic E-state index is 0.184. The van der Waals surface area contributed by atoms with Gasteiger partial charge in [0.15, 0.2) is 0 Å². The zero-order valence-electron chi connectivity index (χ0n) is 19.6. The van der Waals surface area contributed by atoms with E-state index in [0.29, 0.717) is 12.1 Å². The monoisotopic (exact) mass is 455 g/mol. The molecule has 0 saturated carbocycles. The maximum Gasteiger partial charge on any atom is 0.408 e. The van der Waals surface area contributed by atoms with E-state index >= 15 is 0 Å². The molecule has 0 aliphatic heterocycles. The summed E-state index contributed by atoms with van der Waals surface area (Å²) in [5, 5.41) is 15.1. The molecule has 0 radical (unpaired) electrons. The molecule has 2 aromatic rings. The minimum Gasteiger partial charge on any atom is -0.444 e. The van der Waals surface area contributed by atoms with Gasteiger partial charge in [0.2, 0.25) is 11.8 Å². The first kappa shape index (κ1) is 25.9. The van der Waals surface area contributed by atoms with Crippen LogP contribution in [0.2, 0.25) is 0 Å². The number of likely N-dealkylation sites (N-methyl/N-ethyl adjacent to an activating group) is 1. The number of carbonyl (C=O) groups is 3. The number of benzene rings is 2. The van der Waals surface area contributed by atoms with Gasteiger partial charge in [-0.25, -0.2) is 4.79 Å². The van der Waals surface area contributed by atoms with E-state index in [1.54, 1.807) is 52.0 Å². The van der Waals surface area contributed by atoms with Gasteiger partial charge in [-0.2, -0.15) is 0 Å². The van der Waals surface area contributed by atoms with E-state index in [9.17, 15) is 19.5 Å². The van der Waals surface area contributed by atoms with Gasteiger partial charge in [0.25, 0.3) is 0 Å². The van der Waals surface area contributed by atoms with Crippen molar-refractivity contribution in [3.63, 3.8) is 0 Å². The molecular formula is C25H33N3O5. The highest BCUT2D eigenvalue weighted by atomic mass is 16.6. The fraction of sp³-hybridized carbons (Fsp3) is 0.400. The Bertz CT molecular complexity index is 913. The van der Waals surface area contributed by atoms with Gasteiger partial charge < -0.3 is 25.4 Å². The predicted octanol–water partition coefficient (Wildman–Crippen LogP) is 2.78. The summed E-state index contributed by atoms with van der Waals surface area (Å²) >= 11 is 0. The van der Waals surface area contributed by atoms with Gasteiger partial charge in [-0.05, 0) is 38.8 Å². The molecule has 2 atom stereocenters. The lowest BCUT2D eigenvalue weighted by atomic mass is 10.0. The molecule has 3 N–H and O–H groups in total. The zero-order valence-corrected chi connectivity index (χ0v) is 19.6. The van der Waals surface area contributed by atoms with Gasteiger partial charge in [0.05, 0.1) is 6.61 Å². The van der Waals surface area contributed by atoms with Crippen LogP contribution in [0.3, 0.4) is 0 Å². The van der Waals surface area contributed by atoms with Gasteiger partial charge in [-0.15, -0.1) is 0 Å². The van der Waals surface area contributed by atoms with Crippen LogP contribution < -0.4 is 10.6 Å². The van der Waals surface area contributed by atoms with Gasteiger partial charge in [0.1, 0.15) is 17.7 Å². The Balaban J connectivity index is 2.25. The van der Waals surface area contributed by atoms with Crippen molar-refractivity contribution < 1.29 is 24.2 Å². The maximum absolute atomic E-state index is 13.3. The Morgan fingerprint density at radius 3 is 2.09 bits per heavy atom. The molecule has 178 valence electrons. The summed E-state index contributed by atoms with van der Waals surface area (Å²) in [4.78, 5) is 40.1. The summed E-state index contributed by atoms with van der Waals surface area (Å²) < 4.78 is 5.20. The lowest BCUT2D eigenvalue weighted by Gasteiger charge is -2.33. The predicted molar refractivity (Wildman–Crippen MR) is 125 cm³/mol. The molecule has 0 saturated heterocycles. The number of hydrogen-bond donors (Lipinski definition) is 3. The van der Waals surface area contributed by atoms with Crippen molar-refractivity contribution in [1.29, 1.82) is 0 Å². The summed E-state index contributed by atoms with van der Waals surface area (Å²) in [6, 6.07) is 16.2. The molecule has 2 unspecified atom stereocenters. The normalized spacial score (nSPS) is 12.9. The van der Waals surface area contributed by atoms with E-state index in [1.807, 2.05) is 36.4 Å². The summed E-state index contributed by atoms with van der Waals surface area (Å²) in [6.45, 7) is 6.68. The third kappa shape index (κ3) is 7.91. The average molecular weight is 456 g/mol. The Kier molecular flexibility index (Phi) is 9.42. The van der Waals surface area contributed by atoms with E-state index < -0.39 is 36.3 Å². The topological polar surface area (TPSA) is 108 Å². The second-order valence-corrected chi connectivity index (χ2v) is 8.52. The number of nitrogens with zero attached hydrogens (tertiary/aromatic N) is 1. The van der Waals surface area contributed by atoms with Crippen molar-refractivity contribution >= 4 is 17.9 Å². The molecule has 0 spiro atoms. The van der Waals surface area contributed by atoms with Gasteiger partial charge in [-0.3, -0.25) is 9.59 Å². The molecule has 0 aromatic heterocycles. The molecule has 0 bridgehead atoms. The van der Waals surface area contributed by atoms with E-state index in [0.717, 1.165) is 5.56 Å². The van der Waals surface area contributed by atoms with E-state index in [1.165, 1.54) is 4.90 Å². The lowest BCUT2D eigenvalue weighted by Crippen LogP contribution is -2.54. The third-order valence-electron chi connectivity index (χ3n) is 4.78. The maximum atomic E-state index is 13.3. The molecule has 33 heavy (non-hydrogen) atoms. The Morgan fingerprint density at radius 2 is 1.58 bits per heavy atom. The number of aliphatic hydroxyl groups excluding tert-OH is 1. The zero-order chi connectivity index (χ0) is 24.4. The molecule has 0 aliphatic carbocycles. The summed E-state index contributed by atoms with van der Waals surface area (Å²) in [7, 11) is 0. The number of nitrogens with one attached hydrogen (secondary N) is 2. The van der Waals surface area contributed by atoms with Crippen molar-refractivity contribution in [2.24, 2.45) is 0 Å². The van der Waals surface area contributed by atoms with Gasteiger partial charge in [0, 0.05) is 13.1 Å². The first-order valence-corrected chi connectivity index (χ1v) is 10.9. The molecule has 0 aliphatic rings. The quantitative estimate of drug-likeness (QED) is 0.539. The van der Waals surface area contributed by atoms with Crippen molar-refractivity contribution in [1.82, 2.24) is 15.5 Å². The molecule has 0 fully saturated rings. The number of alkyl carbamates (subject to hydrolysis) is 1. The fourth-order valence-electron chi connectivity index (χ4n) is 3.29. The van der Waals surface area contributed by atoms with Gasteiger partial charge >= 0.3 is 6.09 Å². The van der Waals surface area contributed by atoms with Crippen molar-refractivity contribution in [2.45, 2.75) is 51.9 Å². The molecule has 8 heteroatoms. The van der Waals surface area contributed by atoms with Crippen LogP contribution in [0.15, 0.2) is 60.7 Å². The average Bonchev–Trinajstić information content (AvgIpc) is 2.79. The minimum atomic E-state index is -1.26. The Hall–Kier alpha value is -3.39. The van der Waals surface area contributed by atoms with Crippen molar-refractivity contribution in [3.8, 4) is 0 Å². The smallest absolute Gasteiger partial charge is 0.408 e. The Morgan fingerprint density at radius 1 is 1.00 bits per heavy atom. The van der Waals surface area contributed by atoms with E-state index in [2.05, 4.69) is 10.6 Å². The number of ether oxygens (including phenoxy) is 1. The Labute approximate surface area is 194 Å². The summed E-state index contributed by atoms with van der Waals surface area (Å²) in [5.74, 6) is -0.955. The van der Waals surface area contributed by atoms with Crippen LogP contribution in [0.1, 0.15) is 44.9 Å². The van der Waals surface area contributed by atoms with Crippen molar-refractivity contribution in [3.05, 3.63) is 71.8 Å². The molecular weight excluding hydrogens is 422 g/mol. The SMILES string of the molecule is CCN(C(=O)C(CO)NC(=O)OC(C)(C)C)C(C(=O)NCc1ccccc1)c1ccccc1. The van der Waals surface area contributed by atoms with Crippen LogP contribution in [-0.4, -0.2) is 52.7 Å². The number of amides is 3. The highest BCUT2D eigenvalue weighted by Gasteiger charge is 2.35. The van der Waals surface area contributed by atoms with Gasteiger partial charge in [-0.1, -0.05) is 60.7 Å². The lowest BCUT2D eigenvalue weighted by molar-refractivity contribution is -0.143. The van der Waals surface area contributed by atoms with E-state index in [4.69, 9.17) is 4.74 Å². The summed E-state index contributed by atoms with van der Waals surface area (Å²) in [5.41, 5.74) is 0.778. The first-order valence-electron chi connectivity index (χ1n) is 10.9. The number of hydrogen-bond acceptors (Lipinski definition) is 5. The molecule has 8 nitrogen and oxygen atoms in total. The van der Waals surface area contributed by atoms with E-state index in [-0.39, 0.29) is 12.5 Å². The van der Waals surface area contributed by atoms with Crippen LogP contribution in [0.5, 0.6) is 0 Å². The first-order chi connectivity index (χ1) is 15.7. The molecule has 0 heterocycles. The van der Waals surface area contributed by atoms with Crippen LogP contribution in [0, 0.1) is 0 Å². The van der Waals surface area contributed by atoms with Crippen LogP contribution in [0.25, 0.3) is 0 Å². The second-order valence-electron chi connectivity index (χ2n) is 8.52. The van der Waals surface area contributed by atoms with Crippen LogP contribution >= 0.6 is 0 Å². The third-order valence-corrected chi connectivity index (χ3v) is 4.78. The molecule has 2 rings (SSSR count). The summed E-state index contributed by atoms with van der Waals surface area (Å²) in [6.07, 6.45) is -0.823. The number of carbonyl (C=O) groups excluding carboxylic acids is 3. The highest BCUT2D eigenvalue weighted by molar-refractivity contribution is 5.92. The number of aliphatic hydroxyl groups is 1. The standard InChI is InChI=1S/C25H33N3O5/c1-5-28(23(31)20(17-29)27-24(32)33-25(2,3)4)21(19-14-10-7-11-15-19)22(30)26-16-18-12-8-6-9-13-18/h6-15,20-21,29H,5,16-17H2,1-4H3,(H,26,30)(H,27,32).